The molecule has 1 aromatic rings. The van der Waals surface area contributed by atoms with Gasteiger partial charge in [0.05, 0.1) is 0 Å². The van der Waals surface area contributed by atoms with Crippen LogP contribution < -0.4 is 10.2 Å². The van der Waals surface area contributed by atoms with Gasteiger partial charge >= 0.3 is 0 Å². The van der Waals surface area contributed by atoms with E-state index in [1.807, 2.05) is 11.9 Å². The van der Waals surface area contributed by atoms with Gasteiger partial charge in [-0.2, -0.15) is 0 Å². The lowest BCUT2D eigenvalue weighted by molar-refractivity contribution is 0.578. The van der Waals surface area contributed by atoms with Crippen molar-refractivity contribution in [3.63, 3.8) is 0 Å². The van der Waals surface area contributed by atoms with Gasteiger partial charge in [-0.25, -0.2) is 9.37 Å². The van der Waals surface area contributed by atoms with E-state index in [2.05, 4.69) is 24.1 Å². The quantitative estimate of drug-likeness (QED) is 0.802. The van der Waals surface area contributed by atoms with Gasteiger partial charge in [0.25, 0.3) is 0 Å². The molecule has 0 radical (unpaired) electrons. The van der Waals surface area contributed by atoms with Crippen molar-refractivity contribution < 1.29 is 4.39 Å². The molecule has 0 saturated carbocycles. The maximum absolute atomic E-state index is 13.3. The Labute approximate surface area is 90.3 Å². The molecular formula is C11H18FN3. The molecule has 0 spiro atoms. The molecule has 0 aliphatic heterocycles. The van der Waals surface area contributed by atoms with Gasteiger partial charge in [0.15, 0.2) is 11.6 Å². The van der Waals surface area contributed by atoms with Crippen LogP contribution in [0.2, 0.25) is 0 Å². The highest BCUT2D eigenvalue weighted by Gasteiger charge is 2.07. The summed E-state index contributed by atoms with van der Waals surface area (Å²) in [6.45, 7) is 5.74. The Morgan fingerprint density at radius 3 is 2.87 bits per heavy atom. The number of rotatable bonds is 5. The van der Waals surface area contributed by atoms with Gasteiger partial charge < -0.3 is 10.2 Å². The molecule has 4 heteroatoms. The second kappa shape index (κ2) is 5.66. The van der Waals surface area contributed by atoms with Crippen LogP contribution in [0.3, 0.4) is 0 Å². The first kappa shape index (κ1) is 11.9. The average molecular weight is 211 g/mol. The first-order valence-corrected chi connectivity index (χ1v) is 5.16. The van der Waals surface area contributed by atoms with Gasteiger partial charge in [-0.15, -0.1) is 0 Å². The number of hydrogen-bond donors (Lipinski definition) is 1. The lowest BCUT2D eigenvalue weighted by Crippen LogP contribution is -2.33. The average Bonchev–Trinajstić information content (AvgIpc) is 2.17. The van der Waals surface area contributed by atoms with E-state index >= 15 is 0 Å². The second-order valence-electron chi connectivity index (χ2n) is 3.84. The normalized spacial score (nSPS) is 10.7. The van der Waals surface area contributed by atoms with Crippen molar-refractivity contribution >= 4 is 5.82 Å². The molecule has 0 saturated heterocycles. The van der Waals surface area contributed by atoms with E-state index in [-0.39, 0.29) is 5.82 Å². The molecular weight excluding hydrogens is 193 g/mol. The Hall–Kier alpha value is -1.16. The molecule has 1 heterocycles. The van der Waals surface area contributed by atoms with E-state index in [4.69, 9.17) is 0 Å². The summed E-state index contributed by atoms with van der Waals surface area (Å²) in [6.07, 6.45) is 1.60. The van der Waals surface area contributed by atoms with E-state index in [0.717, 1.165) is 13.1 Å². The smallest absolute Gasteiger partial charge is 0.165 e. The minimum absolute atomic E-state index is 0.274. The third-order valence-corrected chi connectivity index (χ3v) is 2.10. The molecule has 0 fully saturated rings. The first-order chi connectivity index (χ1) is 7.11. The summed E-state index contributed by atoms with van der Waals surface area (Å²) >= 11 is 0. The number of likely N-dealkylation sites (N-methyl/N-ethyl adjacent to an activating group) is 1. The summed E-state index contributed by atoms with van der Waals surface area (Å²) in [6, 6.07) is 3.47. The van der Waals surface area contributed by atoms with Crippen molar-refractivity contribution in [3.8, 4) is 0 Å². The molecule has 0 amide bonds. The van der Waals surface area contributed by atoms with Crippen LogP contribution in [0.15, 0.2) is 18.3 Å². The van der Waals surface area contributed by atoms with Crippen molar-refractivity contribution in [1.29, 1.82) is 0 Å². The SMILES string of the molecule is CC(C)NCCN(C)c1ncccc1F. The van der Waals surface area contributed by atoms with Crippen LogP contribution in [0.5, 0.6) is 0 Å². The Kier molecular flexibility index (Phi) is 4.49. The largest absolute Gasteiger partial charge is 0.356 e. The standard InChI is InChI=1S/C11H18FN3/c1-9(2)13-7-8-15(3)11-10(12)5-4-6-14-11/h4-6,9,13H,7-8H2,1-3H3. The molecule has 0 bridgehead atoms. The number of nitrogens with zero attached hydrogens (tertiary/aromatic N) is 2. The van der Waals surface area contributed by atoms with Crippen LogP contribution in [-0.4, -0.2) is 31.2 Å². The third kappa shape index (κ3) is 3.83. The Bertz CT molecular complexity index is 302. The van der Waals surface area contributed by atoms with Crippen LogP contribution in [-0.2, 0) is 0 Å². The lowest BCUT2D eigenvalue weighted by Gasteiger charge is -2.19. The summed E-state index contributed by atoms with van der Waals surface area (Å²) in [7, 11) is 1.84. The van der Waals surface area contributed by atoms with E-state index in [0.29, 0.717) is 11.9 Å². The summed E-state index contributed by atoms with van der Waals surface area (Å²) in [5.41, 5.74) is 0. The number of anilines is 1. The predicted molar refractivity (Wildman–Crippen MR) is 60.6 cm³/mol. The zero-order valence-electron chi connectivity index (χ0n) is 9.50. The van der Waals surface area contributed by atoms with Crippen LogP contribution in [0.4, 0.5) is 10.2 Å². The maximum atomic E-state index is 13.3. The summed E-state index contributed by atoms with van der Waals surface area (Å²) < 4.78 is 13.3. The molecule has 0 aliphatic rings. The highest BCUT2D eigenvalue weighted by Crippen LogP contribution is 2.12. The fraction of sp³-hybridized carbons (Fsp3) is 0.545. The van der Waals surface area contributed by atoms with Crippen molar-refractivity contribution in [2.75, 3.05) is 25.0 Å². The van der Waals surface area contributed by atoms with Crippen LogP contribution in [0.1, 0.15) is 13.8 Å². The molecule has 1 rings (SSSR count). The summed E-state index contributed by atoms with van der Waals surface area (Å²) in [5, 5.41) is 3.27. The molecule has 0 aromatic carbocycles. The minimum atomic E-state index is -0.274. The van der Waals surface area contributed by atoms with Gasteiger partial charge in [-0.05, 0) is 12.1 Å². The molecule has 1 aromatic heterocycles. The van der Waals surface area contributed by atoms with Gasteiger partial charge in [0.1, 0.15) is 0 Å². The molecule has 15 heavy (non-hydrogen) atoms. The summed E-state index contributed by atoms with van der Waals surface area (Å²) in [5.74, 6) is 0.132. The second-order valence-corrected chi connectivity index (χ2v) is 3.84. The molecule has 0 unspecified atom stereocenters. The topological polar surface area (TPSA) is 28.2 Å². The molecule has 3 nitrogen and oxygen atoms in total. The van der Waals surface area contributed by atoms with Crippen molar-refractivity contribution in [2.45, 2.75) is 19.9 Å². The van der Waals surface area contributed by atoms with Crippen LogP contribution in [0.25, 0.3) is 0 Å². The highest BCUT2D eigenvalue weighted by molar-refractivity contribution is 5.38. The number of halogens is 1. The number of nitrogens with one attached hydrogen (secondary N) is 1. The van der Waals surface area contributed by atoms with Crippen LogP contribution in [0, 0.1) is 5.82 Å². The lowest BCUT2D eigenvalue weighted by atomic mass is 10.3. The van der Waals surface area contributed by atoms with Crippen LogP contribution >= 0.6 is 0 Å². The Morgan fingerprint density at radius 2 is 2.27 bits per heavy atom. The monoisotopic (exact) mass is 211 g/mol. The van der Waals surface area contributed by atoms with E-state index in [9.17, 15) is 4.39 Å². The molecule has 1 N–H and O–H groups in total. The van der Waals surface area contributed by atoms with Crippen molar-refractivity contribution in [1.82, 2.24) is 10.3 Å². The molecule has 0 aliphatic carbocycles. The zero-order chi connectivity index (χ0) is 11.3. The Balaban J connectivity index is 2.47. The van der Waals surface area contributed by atoms with Crippen molar-refractivity contribution in [3.05, 3.63) is 24.1 Å². The highest BCUT2D eigenvalue weighted by atomic mass is 19.1. The zero-order valence-corrected chi connectivity index (χ0v) is 9.50. The van der Waals surface area contributed by atoms with E-state index in [1.54, 1.807) is 12.3 Å². The number of hydrogen-bond acceptors (Lipinski definition) is 3. The Morgan fingerprint density at radius 1 is 1.53 bits per heavy atom. The maximum Gasteiger partial charge on any atom is 0.165 e. The predicted octanol–water partition coefficient (Wildman–Crippen LogP) is 1.65. The third-order valence-electron chi connectivity index (χ3n) is 2.10. The van der Waals surface area contributed by atoms with Gasteiger partial charge in [0, 0.05) is 32.4 Å². The van der Waals surface area contributed by atoms with Crippen molar-refractivity contribution in [2.24, 2.45) is 0 Å². The summed E-state index contributed by atoms with van der Waals surface area (Å²) in [4.78, 5) is 5.81. The van der Waals surface area contributed by atoms with Gasteiger partial charge in [-0.3, -0.25) is 0 Å². The van der Waals surface area contributed by atoms with E-state index in [1.165, 1.54) is 6.07 Å². The fourth-order valence-electron chi connectivity index (χ4n) is 1.29. The fourth-order valence-corrected chi connectivity index (χ4v) is 1.29. The molecule has 84 valence electrons. The molecule has 0 atom stereocenters. The minimum Gasteiger partial charge on any atom is -0.356 e. The first-order valence-electron chi connectivity index (χ1n) is 5.16. The van der Waals surface area contributed by atoms with Gasteiger partial charge in [-0.1, -0.05) is 13.8 Å². The van der Waals surface area contributed by atoms with Gasteiger partial charge in [0.2, 0.25) is 0 Å². The number of pyridine rings is 1. The van der Waals surface area contributed by atoms with E-state index < -0.39 is 0 Å². The number of aromatic nitrogens is 1.